The van der Waals surface area contributed by atoms with Crippen LogP contribution >= 0.6 is 0 Å². The Morgan fingerprint density at radius 3 is 1.08 bits per heavy atom. The van der Waals surface area contributed by atoms with E-state index in [0.29, 0.717) is 0 Å². The van der Waals surface area contributed by atoms with Crippen molar-refractivity contribution in [2.75, 3.05) is 0 Å². The standard InChI is InChI=1S/C20H42N2O2/c1-5-9-13-17-19(15-11-7-3)21(23)22(24)20(16-12-8-4)18-14-10-6-2/h19-20H,5-18H2,1-4H3/b22-21-. The SMILES string of the molecule is CCCCCC(CCCC)/[N+]([O-])=[N+](/[O-])C(CCCC)CCCCC. The van der Waals surface area contributed by atoms with Crippen molar-refractivity contribution in [3.8, 4) is 0 Å². The molecule has 4 nitrogen and oxygen atoms in total. The lowest BCUT2D eigenvalue weighted by atomic mass is 10.0. The molecule has 4 heteroatoms. The van der Waals surface area contributed by atoms with E-state index < -0.39 is 0 Å². The normalized spacial score (nSPS) is 15.2. The lowest BCUT2D eigenvalue weighted by Gasteiger charge is -2.18. The Hall–Kier alpha value is -0.800. The van der Waals surface area contributed by atoms with Gasteiger partial charge >= 0.3 is 0 Å². The van der Waals surface area contributed by atoms with Crippen molar-refractivity contribution in [1.82, 2.24) is 0 Å². The highest BCUT2D eigenvalue weighted by Gasteiger charge is 2.28. The van der Waals surface area contributed by atoms with Crippen LogP contribution in [0, 0.1) is 10.4 Å². The van der Waals surface area contributed by atoms with Gasteiger partial charge in [-0.1, -0.05) is 66.2 Å². The van der Waals surface area contributed by atoms with Crippen molar-refractivity contribution in [2.45, 2.75) is 130 Å². The molecule has 0 aromatic carbocycles. The van der Waals surface area contributed by atoms with Crippen molar-refractivity contribution in [3.63, 3.8) is 0 Å². The monoisotopic (exact) mass is 342 g/mol. The van der Waals surface area contributed by atoms with Crippen LogP contribution in [-0.4, -0.2) is 21.8 Å². The summed E-state index contributed by atoms with van der Waals surface area (Å²) in [4.78, 5) is 1.61. The molecule has 0 saturated heterocycles. The Balaban J connectivity index is 4.97. The predicted octanol–water partition coefficient (Wildman–Crippen LogP) is 6.74. The maximum Gasteiger partial charge on any atom is 0.229 e. The Bertz CT molecular complexity index is 289. The first-order valence-electron chi connectivity index (χ1n) is 10.5. The van der Waals surface area contributed by atoms with Crippen LogP contribution < -0.4 is 0 Å². The van der Waals surface area contributed by atoms with Gasteiger partial charge in [0.25, 0.3) is 0 Å². The van der Waals surface area contributed by atoms with Crippen molar-refractivity contribution >= 4 is 0 Å². The maximum atomic E-state index is 12.7. The Labute approximate surface area is 150 Å². The van der Waals surface area contributed by atoms with E-state index in [9.17, 15) is 10.4 Å². The third-order valence-electron chi connectivity index (χ3n) is 4.88. The van der Waals surface area contributed by atoms with Crippen molar-refractivity contribution in [1.29, 1.82) is 0 Å². The van der Waals surface area contributed by atoms with Gasteiger partial charge in [0.2, 0.25) is 12.1 Å². The number of rotatable bonds is 16. The van der Waals surface area contributed by atoms with Crippen LogP contribution in [0.25, 0.3) is 0 Å². The molecule has 24 heavy (non-hydrogen) atoms. The average Bonchev–Trinajstić information content (AvgIpc) is 2.59. The summed E-state index contributed by atoms with van der Waals surface area (Å²) in [5, 5.41) is 25.4. The molecule has 0 fully saturated rings. The fraction of sp³-hybridized carbons (Fsp3) is 1.00. The molecule has 144 valence electrons. The highest BCUT2D eigenvalue weighted by atomic mass is 16.6. The van der Waals surface area contributed by atoms with Crippen LogP contribution in [0.15, 0.2) is 0 Å². The number of azo groups is 1. The van der Waals surface area contributed by atoms with Crippen molar-refractivity contribution in [3.05, 3.63) is 10.4 Å². The molecule has 0 amide bonds. The highest BCUT2D eigenvalue weighted by Crippen LogP contribution is 2.17. The topological polar surface area (TPSA) is 52.1 Å². The lowest BCUT2D eigenvalue weighted by molar-refractivity contribution is -0.997. The Morgan fingerprint density at radius 2 is 0.792 bits per heavy atom. The Morgan fingerprint density at radius 1 is 0.500 bits per heavy atom. The van der Waals surface area contributed by atoms with E-state index in [0.717, 1.165) is 99.6 Å². The number of hydrogen-bond donors (Lipinski definition) is 0. The van der Waals surface area contributed by atoms with Gasteiger partial charge < -0.3 is 10.4 Å². The summed E-state index contributed by atoms with van der Waals surface area (Å²) in [5.74, 6) is 0. The summed E-state index contributed by atoms with van der Waals surface area (Å²) < 4.78 is 0. The molecule has 2 unspecified atom stereocenters. The minimum Gasteiger partial charge on any atom is -0.567 e. The van der Waals surface area contributed by atoms with E-state index in [1.807, 2.05) is 0 Å². The number of unbranched alkanes of at least 4 members (excludes halogenated alkanes) is 6. The highest BCUT2D eigenvalue weighted by molar-refractivity contribution is 4.59. The van der Waals surface area contributed by atoms with Crippen LogP contribution in [0.5, 0.6) is 0 Å². The van der Waals surface area contributed by atoms with E-state index in [1.165, 1.54) is 0 Å². The van der Waals surface area contributed by atoms with Crippen LogP contribution in [0.4, 0.5) is 0 Å². The first kappa shape index (κ1) is 23.2. The average molecular weight is 343 g/mol. The summed E-state index contributed by atoms with van der Waals surface area (Å²) in [6.07, 6.45) is 14.3. The van der Waals surface area contributed by atoms with Crippen LogP contribution in [0.1, 0.15) is 118 Å². The molecule has 0 rings (SSSR count). The second-order valence-electron chi connectivity index (χ2n) is 7.19. The first-order valence-corrected chi connectivity index (χ1v) is 10.5. The van der Waals surface area contributed by atoms with Gasteiger partial charge in [0, 0.05) is 35.4 Å². The van der Waals surface area contributed by atoms with Gasteiger partial charge in [0.1, 0.15) is 0 Å². The summed E-state index contributed by atoms with van der Waals surface area (Å²) in [5.41, 5.74) is 0. The molecule has 0 bridgehead atoms. The summed E-state index contributed by atoms with van der Waals surface area (Å²) in [6.45, 7) is 8.62. The number of hydroxylamine groups is 2. The molecule has 0 aliphatic carbocycles. The molecule has 0 aliphatic rings. The molecule has 0 saturated carbocycles. The van der Waals surface area contributed by atoms with Gasteiger partial charge in [-0.2, -0.15) is 0 Å². The zero-order valence-corrected chi connectivity index (χ0v) is 16.8. The molecule has 0 N–H and O–H groups in total. The zero-order chi connectivity index (χ0) is 18.2. The van der Waals surface area contributed by atoms with E-state index in [4.69, 9.17) is 0 Å². The maximum absolute atomic E-state index is 12.7. The van der Waals surface area contributed by atoms with Gasteiger partial charge in [0.05, 0.1) is 0 Å². The fourth-order valence-electron chi connectivity index (χ4n) is 3.19. The first-order chi connectivity index (χ1) is 11.6. The summed E-state index contributed by atoms with van der Waals surface area (Å²) in [7, 11) is 0. The minimum absolute atomic E-state index is 0.135. The second kappa shape index (κ2) is 15.7. The van der Waals surface area contributed by atoms with Gasteiger partial charge in [-0.15, -0.1) is 0 Å². The van der Waals surface area contributed by atoms with Crippen LogP contribution in [-0.2, 0) is 0 Å². The molecular weight excluding hydrogens is 300 g/mol. The van der Waals surface area contributed by atoms with Crippen LogP contribution in [0.2, 0.25) is 0 Å². The van der Waals surface area contributed by atoms with Gasteiger partial charge in [-0.3, -0.25) is 0 Å². The minimum atomic E-state index is -0.135. The molecule has 2 atom stereocenters. The van der Waals surface area contributed by atoms with Crippen molar-refractivity contribution < 1.29 is 9.72 Å². The van der Waals surface area contributed by atoms with E-state index in [2.05, 4.69) is 27.7 Å². The molecular formula is C20H42N2O2. The largest absolute Gasteiger partial charge is 0.567 e. The second-order valence-corrected chi connectivity index (χ2v) is 7.19. The molecule has 0 heterocycles. The predicted molar refractivity (Wildman–Crippen MR) is 102 cm³/mol. The van der Waals surface area contributed by atoms with E-state index in [-0.39, 0.29) is 12.1 Å². The Kier molecular flexibility index (Phi) is 15.2. The zero-order valence-electron chi connectivity index (χ0n) is 16.8. The number of nitrogens with zero attached hydrogens (tertiary/aromatic N) is 2. The third kappa shape index (κ3) is 10.1. The lowest BCUT2D eigenvalue weighted by Crippen LogP contribution is -2.35. The third-order valence-corrected chi connectivity index (χ3v) is 4.88. The molecule has 0 spiro atoms. The van der Waals surface area contributed by atoms with Crippen LogP contribution in [0.3, 0.4) is 0 Å². The molecule has 0 aromatic heterocycles. The van der Waals surface area contributed by atoms with Gasteiger partial charge in [-0.05, 0) is 25.7 Å². The number of hydrogen-bond acceptors (Lipinski definition) is 2. The molecule has 0 aromatic rings. The molecule has 0 aliphatic heterocycles. The fourth-order valence-corrected chi connectivity index (χ4v) is 3.19. The quantitative estimate of drug-likeness (QED) is 0.135. The van der Waals surface area contributed by atoms with Crippen molar-refractivity contribution in [2.24, 2.45) is 0 Å². The van der Waals surface area contributed by atoms with E-state index >= 15 is 0 Å². The van der Waals surface area contributed by atoms with Gasteiger partial charge in [-0.25, -0.2) is 0 Å². The smallest absolute Gasteiger partial charge is 0.229 e. The summed E-state index contributed by atoms with van der Waals surface area (Å²) in [6, 6.07) is -0.270. The molecule has 0 radical (unpaired) electrons. The summed E-state index contributed by atoms with van der Waals surface area (Å²) >= 11 is 0. The van der Waals surface area contributed by atoms with Gasteiger partial charge in [0.15, 0.2) is 0 Å². The van der Waals surface area contributed by atoms with E-state index in [1.54, 1.807) is 0 Å².